The second-order valence-corrected chi connectivity index (χ2v) is 5.13. The predicted molar refractivity (Wildman–Crippen MR) is 88.8 cm³/mol. The molecule has 2 heterocycles. The molecule has 3 heteroatoms. The van der Waals surface area contributed by atoms with E-state index in [4.69, 9.17) is 0 Å². The Labute approximate surface area is 127 Å². The van der Waals surface area contributed by atoms with E-state index in [0.717, 1.165) is 6.42 Å². The highest BCUT2D eigenvalue weighted by Gasteiger charge is 2.08. The highest BCUT2D eigenvalue weighted by atomic mass is 14.9. The third kappa shape index (κ3) is 5.48. The maximum absolute atomic E-state index is 4.18. The number of hydrogen-bond acceptors (Lipinski definition) is 3. The van der Waals surface area contributed by atoms with Gasteiger partial charge in [-0.2, -0.15) is 0 Å². The van der Waals surface area contributed by atoms with Crippen LogP contribution < -0.4 is 5.32 Å². The zero-order valence-corrected chi connectivity index (χ0v) is 12.4. The van der Waals surface area contributed by atoms with E-state index in [9.17, 15) is 0 Å². The Morgan fingerprint density at radius 1 is 1.05 bits per heavy atom. The normalized spacial score (nSPS) is 14.9. The van der Waals surface area contributed by atoms with Crippen LogP contribution in [0, 0.1) is 0 Å². The van der Waals surface area contributed by atoms with Gasteiger partial charge in [-0.25, -0.2) is 0 Å². The molecule has 0 spiro atoms. The fraction of sp³-hybridized carbons (Fsp3) is 0.333. The molecular formula is C18H23N3. The number of aromatic nitrogens is 1. The molecule has 0 radical (unpaired) electrons. The summed E-state index contributed by atoms with van der Waals surface area (Å²) in [5.41, 5.74) is 2.44. The molecule has 1 aliphatic rings. The summed E-state index contributed by atoms with van der Waals surface area (Å²) in [6, 6.07) is 14.4. The maximum atomic E-state index is 4.18. The first-order valence-corrected chi connectivity index (χ1v) is 7.50. The fourth-order valence-electron chi connectivity index (χ4n) is 2.33. The first-order valence-electron chi connectivity index (χ1n) is 7.50. The molecule has 1 N–H and O–H groups in total. The topological polar surface area (TPSA) is 37.3 Å². The lowest BCUT2D eigenvalue weighted by Gasteiger charge is -2.11. The summed E-state index contributed by atoms with van der Waals surface area (Å²) in [4.78, 5) is 8.19. The van der Waals surface area contributed by atoms with Crippen molar-refractivity contribution in [3.63, 3.8) is 0 Å². The van der Waals surface area contributed by atoms with Gasteiger partial charge in [0, 0.05) is 12.4 Å². The van der Waals surface area contributed by atoms with Gasteiger partial charge in [-0.3, -0.25) is 9.98 Å². The zero-order valence-electron chi connectivity index (χ0n) is 12.4. The largest absolute Gasteiger partial charge is 0.317 e. The first kappa shape index (κ1) is 15.4. The second-order valence-electron chi connectivity index (χ2n) is 5.13. The summed E-state index contributed by atoms with van der Waals surface area (Å²) in [7, 11) is 0. The van der Waals surface area contributed by atoms with Crippen LogP contribution in [0.25, 0.3) is 0 Å². The Kier molecular flexibility index (Phi) is 6.62. The van der Waals surface area contributed by atoms with E-state index in [0.29, 0.717) is 0 Å². The Bertz CT molecular complexity index is 499. The molecule has 0 saturated carbocycles. The average molecular weight is 281 g/mol. The summed E-state index contributed by atoms with van der Waals surface area (Å²) in [6.45, 7) is 6.17. The van der Waals surface area contributed by atoms with Crippen LogP contribution in [0.15, 0.2) is 59.9 Å². The van der Waals surface area contributed by atoms with Crippen molar-refractivity contribution in [1.29, 1.82) is 0 Å². The van der Waals surface area contributed by atoms with E-state index < -0.39 is 0 Å². The van der Waals surface area contributed by atoms with Crippen LogP contribution in [-0.4, -0.2) is 24.8 Å². The van der Waals surface area contributed by atoms with Gasteiger partial charge in [-0.05, 0) is 62.3 Å². The van der Waals surface area contributed by atoms with Crippen LogP contribution in [0.1, 0.15) is 30.0 Å². The molecular weight excluding hydrogens is 258 g/mol. The molecule has 1 aromatic carbocycles. The molecule has 110 valence electrons. The van der Waals surface area contributed by atoms with Crippen molar-refractivity contribution in [3.8, 4) is 0 Å². The number of rotatable bonds is 4. The van der Waals surface area contributed by atoms with E-state index >= 15 is 0 Å². The first-order chi connectivity index (χ1) is 10.4. The number of benzene rings is 1. The Hall–Kier alpha value is -2.00. The maximum Gasteiger partial charge on any atom is 0.0782 e. The molecule has 21 heavy (non-hydrogen) atoms. The van der Waals surface area contributed by atoms with Crippen LogP contribution in [0.5, 0.6) is 0 Å². The molecule has 1 aliphatic heterocycles. The number of aliphatic imine (C=N–C) groups is 1. The zero-order chi connectivity index (χ0) is 14.8. The molecule has 1 atom stereocenters. The minimum atomic E-state index is 0.128. The Morgan fingerprint density at radius 2 is 1.71 bits per heavy atom. The van der Waals surface area contributed by atoms with E-state index in [2.05, 4.69) is 34.1 Å². The quantitative estimate of drug-likeness (QED) is 0.872. The molecule has 0 aliphatic carbocycles. The monoisotopic (exact) mass is 281 g/mol. The summed E-state index contributed by atoms with van der Waals surface area (Å²) in [5.74, 6) is 0. The highest BCUT2D eigenvalue weighted by molar-refractivity contribution is 5.30. The lowest BCUT2D eigenvalue weighted by atomic mass is 10.0. The summed E-state index contributed by atoms with van der Waals surface area (Å²) < 4.78 is 0. The van der Waals surface area contributed by atoms with E-state index in [-0.39, 0.29) is 6.04 Å². The number of hydrogen-bond donors (Lipinski definition) is 1. The smallest absolute Gasteiger partial charge is 0.0782 e. The van der Waals surface area contributed by atoms with Crippen LogP contribution in [0.2, 0.25) is 0 Å². The lowest BCUT2D eigenvalue weighted by Crippen LogP contribution is -2.03. The van der Waals surface area contributed by atoms with Crippen molar-refractivity contribution < 1.29 is 0 Å². The average Bonchev–Trinajstić information content (AvgIpc) is 3.14. The molecule has 1 saturated heterocycles. The Balaban J connectivity index is 0.000000272. The van der Waals surface area contributed by atoms with Gasteiger partial charge < -0.3 is 5.32 Å². The molecule has 1 fully saturated rings. The van der Waals surface area contributed by atoms with Crippen LogP contribution in [0.4, 0.5) is 0 Å². The third-order valence-electron chi connectivity index (χ3n) is 3.54. The van der Waals surface area contributed by atoms with Crippen molar-refractivity contribution >= 4 is 6.72 Å². The van der Waals surface area contributed by atoms with Gasteiger partial charge in [-0.1, -0.05) is 30.3 Å². The molecule has 0 bridgehead atoms. The summed E-state index contributed by atoms with van der Waals surface area (Å²) in [5, 5.41) is 3.22. The minimum absolute atomic E-state index is 0.128. The fourth-order valence-corrected chi connectivity index (χ4v) is 2.33. The number of pyridine rings is 1. The van der Waals surface area contributed by atoms with Gasteiger partial charge in [0.05, 0.1) is 6.04 Å². The Morgan fingerprint density at radius 3 is 2.24 bits per heavy atom. The van der Waals surface area contributed by atoms with E-state index in [1.165, 1.54) is 37.1 Å². The molecule has 1 unspecified atom stereocenters. The minimum Gasteiger partial charge on any atom is -0.317 e. The number of nitrogens with zero attached hydrogens (tertiary/aromatic N) is 2. The number of nitrogens with one attached hydrogen (secondary N) is 1. The van der Waals surface area contributed by atoms with Crippen molar-refractivity contribution in [3.05, 3.63) is 66.0 Å². The van der Waals surface area contributed by atoms with Crippen LogP contribution >= 0.6 is 0 Å². The van der Waals surface area contributed by atoms with Crippen LogP contribution in [-0.2, 0) is 6.42 Å². The van der Waals surface area contributed by atoms with Crippen molar-refractivity contribution in [2.45, 2.75) is 25.3 Å². The lowest BCUT2D eigenvalue weighted by molar-refractivity contribution is 0.729. The molecule has 2 aromatic rings. The van der Waals surface area contributed by atoms with Gasteiger partial charge in [0.15, 0.2) is 0 Å². The van der Waals surface area contributed by atoms with Crippen LogP contribution in [0.3, 0.4) is 0 Å². The van der Waals surface area contributed by atoms with Crippen molar-refractivity contribution in [1.82, 2.24) is 10.3 Å². The molecule has 0 amide bonds. The predicted octanol–water partition coefficient (Wildman–Crippen LogP) is 3.44. The summed E-state index contributed by atoms with van der Waals surface area (Å²) >= 11 is 0. The van der Waals surface area contributed by atoms with Gasteiger partial charge in [0.1, 0.15) is 0 Å². The van der Waals surface area contributed by atoms with Gasteiger partial charge in [-0.15, -0.1) is 0 Å². The molecule has 1 aromatic heterocycles. The third-order valence-corrected chi connectivity index (χ3v) is 3.54. The highest BCUT2D eigenvalue weighted by Crippen LogP contribution is 2.21. The standard InChI is InChI=1S/C14H14N2.C4H9N/c1-15-14(13-5-3-2-4-6-13)11-12-7-9-16-10-8-12;1-2-4-5-3-1/h2-10,14H,1,11H2;5H,1-4H2. The van der Waals surface area contributed by atoms with Gasteiger partial charge in [0.2, 0.25) is 0 Å². The van der Waals surface area contributed by atoms with Crippen molar-refractivity contribution in [2.24, 2.45) is 4.99 Å². The van der Waals surface area contributed by atoms with E-state index in [1.807, 2.05) is 30.3 Å². The second kappa shape index (κ2) is 9.03. The van der Waals surface area contributed by atoms with Crippen molar-refractivity contribution in [2.75, 3.05) is 13.1 Å². The molecule has 3 rings (SSSR count). The van der Waals surface area contributed by atoms with Gasteiger partial charge in [0.25, 0.3) is 0 Å². The SMILES string of the molecule is C1CCNC1.C=NC(Cc1ccncc1)c1ccccc1. The van der Waals surface area contributed by atoms with E-state index in [1.54, 1.807) is 12.4 Å². The summed E-state index contributed by atoms with van der Waals surface area (Å²) in [6.07, 6.45) is 7.26. The van der Waals surface area contributed by atoms with Gasteiger partial charge >= 0.3 is 0 Å². The molecule has 3 nitrogen and oxygen atoms in total.